The van der Waals surface area contributed by atoms with E-state index in [1.54, 1.807) is 26.5 Å². The van der Waals surface area contributed by atoms with E-state index in [-0.39, 0.29) is 24.8 Å². The van der Waals surface area contributed by atoms with Crippen molar-refractivity contribution < 1.29 is 19.1 Å². The first-order valence-electron chi connectivity index (χ1n) is 9.08. The Morgan fingerprint density at radius 2 is 2.04 bits per heavy atom. The zero-order chi connectivity index (χ0) is 19.7. The summed E-state index contributed by atoms with van der Waals surface area (Å²) in [6.45, 7) is -0.0537. The number of aromatic nitrogens is 1. The summed E-state index contributed by atoms with van der Waals surface area (Å²) in [6, 6.07) is 3.63. The molecule has 0 radical (unpaired) electrons. The Labute approximate surface area is 167 Å². The monoisotopic (exact) mass is 399 g/mol. The quantitative estimate of drug-likeness (QED) is 0.836. The Bertz CT molecular complexity index is 945. The number of ether oxygens (including phenoxy) is 2. The van der Waals surface area contributed by atoms with Crippen LogP contribution in [0.5, 0.6) is 11.5 Å². The molecular weight excluding hydrogens is 378 g/mol. The average Bonchev–Trinajstić information content (AvgIpc) is 3.22. The summed E-state index contributed by atoms with van der Waals surface area (Å²) in [6.07, 6.45) is 6.77. The summed E-state index contributed by atoms with van der Waals surface area (Å²) in [5.74, 6) is 0.761. The van der Waals surface area contributed by atoms with E-state index in [1.807, 2.05) is 12.1 Å². The van der Waals surface area contributed by atoms with Crippen LogP contribution in [0.25, 0.3) is 6.08 Å². The fourth-order valence-corrected chi connectivity index (χ4v) is 4.53. The number of carbonyl (C=O) groups excluding carboxylic acids is 2. The number of carbonyl (C=O) groups is 2. The third-order valence-electron chi connectivity index (χ3n) is 4.90. The predicted molar refractivity (Wildman–Crippen MR) is 107 cm³/mol. The molecule has 1 aliphatic heterocycles. The first-order valence-corrected chi connectivity index (χ1v) is 9.90. The highest BCUT2D eigenvalue weighted by atomic mass is 32.1. The fourth-order valence-electron chi connectivity index (χ4n) is 3.46. The predicted octanol–water partition coefficient (Wildman–Crippen LogP) is 2.64. The summed E-state index contributed by atoms with van der Waals surface area (Å²) in [5, 5.41) is 3.43. The van der Waals surface area contributed by atoms with Crippen LogP contribution in [0, 0.1) is 0 Å². The number of aryl methyl sites for hydroxylation is 2. The molecule has 2 amide bonds. The Hall–Kier alpha value is -2.87. The van der Waals surface area contributed by atoms with Crippen molar-refractivity contribution in [2.45, 2.75) is 25.7 Å². The summed E-state index contributed by atoms with van der Waals surface area (Å²) >= 11 is 1.52. The molecule has 2 heterocycles. The molecule has 0 bridgehead atoms. The van der Waals surface area contributed by atoms with E-state index in [2.05, 4.69) is 10.3 Å². The lowest BCUT2D eigenvalue weighted by Crippen LogP contribution is -2.34. The smallest absolute Gasteiger partial charge is 0.246 e. The molecule has 1 N–H and O–H groups in total. The number of hydrogen-bond donors (Lipinski definition) is 1. The zero-order valence-electron chi connectivity index (χ0n) is 15.8. The highest BCUT2D eigenvalue weighted by Crippen LogP contribution is 2.33. The highest BCUT2D eigenvalue weighted by Gasteiger charge is 2.23. The second kappa shape index (κ2) is 7.63. The molecule has 0 fully saturated rings. The van der Waals surface area contributed by atoms with Gasteiger partial charge in [0.05, 0.1) is 26.3 Å². The van der Waals surface area contributed by atoms with Gasteiger partial charge in [0.2, 0.25) is 11.8 Å². The van der Waals surface area contributed by atoms with Crippen LogP contribution in [0.15, 0.2) is 18.3 Å². The summed E-state index contributed by atoms with van der Waals surface area (Å²) in [7, 11) is 3.13. The van der Waals surface area contributed by atoms with Crippen LogP contribution in [0.3, 0.4) is 0 Å². The number of anilines is 1. The first-order chi connectivity index (χ1) is 13.6. The van der Waals surface area contributed by atoms with Crippen LogP contribution in [0.4, 0.5) is 5.13 Å². The summed E-state index contributed by atoms with van der Waals surface area (Å²) < 4.78 is 10.6. The minimum absolute atomic E-state index is 0.0537. The molecule has 0 saturated heterocycles. The van der Waals surface area contributed by atoms with Crippen LogP contribution in [0.1, 0.15) is 28.1 Å². The molecule has 28 heavy (non-hydrogen) atoms. The molecular formula is C20H21N3O4S. The maximum atomic E-state index is 12.6. The standard InChI is InChI=1S/C20H21N3O4S/c1-26-15-8-12-6-7-23(19(25)10-13(12)9-16(15)27-2)11-18(24)22-20-21-14-4-3-5-17(14)28-20/h6-9H,3-5,10-11H2,1-2H3,(H,21,22,24). The third-order valence-corrected chi connectivity index (χ3v) is 5.97. The molecule has 7 nitrogen and oxygen atoms in total. The van der Waals surface area contributed by atoms with Gasteiger partial charge in [-0.2, -0.15) is 0 Å². The van der Waals surface area contributed by atoms with Gasteiger partial charge in [0.25, 0.3) is 0 Å². The third kappa shape index (κ3) is 3.60. The van der Waals surface area contributed by atoms with Gasteiger partial charge in [0.1, 0.15) is 6.54 Å². The number of benzene rings is 1. The van der Waals surface area contributed by atoms with Crippen molar-refractivity contribution in [3.05, 3.63) is 40.0 Å². The Morgan fingerprint density at radius 3 is 2.79 bits per heavy atom. The van der Waals surface area contributed by atoms with Crippen LogP contribution < -0.4 is 14.8 Å². The maximum Gasteiger partial charge on any atom is 0.246 e. The number of nitrogens with one attached hydrogen (secondary N) is 1. The van der Waals surface area contributed by atoms with Gasteiger partial charge in [-0.1, -0.05) is 0 Å². The second-order valence-electron chi connectivity index (χ2n) is 6.71. The maximum absolute atomic E-state index is 12.6. The SMILES string of the molecule is COc1cc2c(cc1OC)CC(=O)N(CC(=O)Nc1nc3c(s1)CCC3)C=C2. The normalized spacial score (nSPS) is 15.1. The van der Waals surface area contributed by atoms with Gasteiger partial charge in [0.15, 0.2) is 16.6 Å². The topological polar surface area (TPSA) is 80.8 Å². The first kappa shape index (κ1) is 18.5. The van der Waals surface area contributed by atoms with Gasteiger partial charge >= 0.3 is 0 Å². The van der Waals surface area contributed by atoms with Crippen molar-refractivity contribution in [1.82, 2.24) is 9.88 Å². The Kier molecular flexibility index (Phi) is 5.04. The average molecular weight is 399 g/mol. The van der Waals surface area contributed by atoms with Gasteiger partial charge in [-0.15, -0.1) is 11.3 Å². The molecule has 0 spiro atoms. The van der Waals surface area contributed by atoms with Crippen LogP contribution in [-0.4, -0.2) is 42.5 Å². The van der Waals surface area contributed by atoms with Crippen LogP contribution >= 0.6 is 11.3 Å². The number of nitrogens with zero attached hydrogens (tertiary/aromatic N) is 2. The fraction of sp³-hybridized carbons (Fsp3) is 0.350. The van der Waals surface area contributed by atoms with Crippen LogP contribution in [-0.2, 0) is 28.9 Å². The van der Waals surface area contributed by atoms with Crippen molar-refractivity contribution in [2.24, 2.45) is 0 Å². The Morgan fingerprint density at radius 1 is 1.25 bits per heavy atom. The van der Waals surface area contributed by atoms with Crippen molar-refractivity contribution >= 4 is 34.4 Å². The number of methoxy groups -OCH3 is 2. The minimum atomic E-state index is -0.258. The molecule has 1 aromatic heterocycles. The number of amides is 2. The molecule has 0 saturated carbocycles. The van der Waals surface area contributed by atoms with E-state index in [4.69, 9.17) is 9.47 Å². The van der Waals surface area contributed by atoms with E-state index in [9.17, 15) is 9.59 Å². The molecule has 146 valence electrons. The number of thiazole rings is 1. The minimum Gasteiger partial charge on any atom is -0.493 e. The van der Waals surface area contributed by atoms with Gasteiger partial charge in [0, 0.05) is 11.1 Å². The highest BCUT2D eigenvalue weighted by molar-refractivity contribution is 7.15. The van der Waals surface area contributed by atoms with Gasteiger partial charge in [-0.25, -0.2) is 4.98 Å². The zero-order valence-corrected chi connectivity index (χ0v) is 16.6. The molecule has 0 atom stereocenters. The lowest BCUT2D eigenvalue weighted by molar-refractivity contribution is -0.131. The lowest BCUT2D eigenvalue weighted by atomic mass is 10.0. The molecule has 2 aromatic rings. The van der Waals surface area contributed by atoms with E-state index >= 15 is 0 Å². The molecule has 4 rings (SSSR count). The van der Waals surface area contributed by atoms with Gasteiger partial charge in [-0.3, -0.25) is 9.59 Å². The van der Waals surface area contributed by atoms with Crippen molar-refractivity contribution in [3.63, 3.8) is 0 Å². The Balaban J connectivity index is 1.46. The number of fused-ring (bicyclic) bond motifs is 2. The molecule has 2 aliphatic rings. The lowest BCUT2D eigenvalue weighted by Gasteiger charge is -2.16. The summed E-state index contributed by atoms with van der Waals surface area (Å²) in [5.41, 5.74) is 2.79. The molecule has 1 aromatic carbocycles. The van der Waals surface area contributed by atoms with Crippen LogP contribution in [0.2, 0.25) is 0 Å². The van der Waals surface area contributed by atoms with Crippen molar-refractivity contribution in [1.29, 1.82) is 0 Å². The van der Waals surface area contributed by atoms with E-state index in [0.29, 0.717) is 16.6 Å². The van der Waals surface area contributed by atoms with Crippen molar-refractivity contribution in [2.75, 3.05) is 26.1 Å². The van der Waals surface area contributed by atoms with E-state index in [1.165, 1.54) is 21.1 Å². The second-order valence-corrected chi connectivity index (χ2v) is 7.79. The van der Waals surface area contributed by atoms with Crippen molar-refractivity contribution in [3.8, 4) is 11.5 Å². The number of hydrogen-bond acceptors (Lipinski definition) is 6. The molecule has 8 heteroatoms. The molecule has 0 unspecified atom stereocenters. The largest absolute Gasteiger partial charge is 0.493 e. The summed E-state index contributed by atoms with van der Waals surface area (Å²) in [4.78, 5) is 32.2. The van der Waals surface area contributed by atoms with E-state index < -0.39 is 0 Å². The molecule has 1 aliphatic carbocycles. The van der Waals surface area contributed by atoms with E-state index in [0.717, 1.165) is 36.1 Å². The number of rotatable bonds is 5. The van der Waals surface area contributed by atoms with Gasteiger partial charge < -0.3 is 19.7 Å². The van der Waals surface area contributed by atoms with Gasteiger partial charge in [-0.05, 0) is 48.6 Å².